The Kier molecular flexibility index (Phi) is 5.66. The third-order valence-electron chi connectivity index (χ3n) is 3.99. The zero-order valence-electron chi connectivity index (χ0n) is 11.5. The molecule has 0 bridgehead atoms. The van der Waals surface area contributed by atoms with Crippen LogP contribution >= 0.6 is 27.5 Å². The van der Waals surface area contributed by atoms with Crippen molar-refractivity contribution in [3.63, 3.8) is 0 Å². The van der Waals surface area contributed by atoms with E-state index in [1.165, 1.54) is 0 Å². The van der Waals surface area contributed by atoms with Crippen LogP contribution in [0.15, 0.2) is 22.7 Å². The molecule has 0 heterocycles. The van der Waals surface area contributed by atoms with Crippen LogP contribution in [-0.2, 0) is 6.42 Å². The molecule has 0 saturated heterocycles. The smallest absolute Gasteiger partial charge is 0.0449 e. The van der Waals surface area contributed by atoms with Crippen LogP contribution in [0.25, 0.3) is 0 Å². The number of hydrogen-bond donors (Lipinski definition) is 1. The lowest BCUT2D eigenvalue weighted by molar-refractivity contribution is 0.131. The maximum absolute atomic E-state index is 6.39. The molecule has 0 aliphatic carbocycles. The molecule has 0 spiro atoms. The van der Waals surface area contributed by atoms with E-state index in [1.807, 2.05) is 18.2 Å². The minimum Gasteiger partial charge on any atom is -0.326 e. The largest absolute Gasteiger partial charge is 0.326 e. The Labute approximate surface area is 124 Å². The fourth-order valence-corrected chi connectivity index (χ4v) is 2.80. The summed E-state index contributed by atoms with van der Waals surface area (Å²) in [6, 6.07) is 6.02. The summed E-state index contributed by atoms with van der Waals surface area (Å²) in [5, 5.41) is 0.775. The molecule has 0 aromatic heterocycles. The second kappa shape index (κ2) is 6.38. The van der Waals surface area contributed by atoms with Crippen LogP contribution in [0.3, 0.4) is 0 Å². The van der Waals surface area contributed by atoms with Crippen molar-refractivity contribution in [1.29, 1.82) is 0 Å². The molecule has 0 amide bonds. The molecule has 0 radical (unpaired) electrons. The Bertz CT molecular complexity index is 409. The van der Waals surface area contributed by atoms with Gasteiger partial charge in [0, 0.05) is 21.1 Å². The first-order valence-corrected chi connectivity index (χ1v) is 7.35. The van der Waals surface area contributed by atoms with E-state index in [-0.39, 0.29) is 11.6 Å². The average molecular weight is 334 g/mol. The van der Waals surface area contributed by atoms with Gasteiger partial charge < -0.3 is 10.6 Å². The first-order chi connectivity index (χ1) is 8.31. The lowest BCUT2D eigenvalue weighted by Gasteiger charge is -2.41. The third kappa shape index (κ3) is 3.47. The van der Waals surface area contributed by atoms with Crippen LogP contribution in [0.1, 0.15) is 25.8 Å². The molecule has 2 N–H and O–H groups in total. The molecule has 2 nitrogen and oxygen atoms in total. The molecule has 4 heteroatoms. The highest BCUT2D eigenvalue weighted by molar-refractivity contribution is 9.10. The molecule has 1 aromatic carbocycles. The van der Waals surface area contributed by atoms with E-state index >= 15 is 0 Å². The number of halogens is 2. The van der Waals surface area contributed by atoms with Gasteiger partial charge in [-0.05, 0) is 51.6 Å². The molecular weight excluding hydrogens is 312 g/mol. The quantitative estimate of drug-likeness (QED) is 0.890. The molecule has 0 aliphatic rings. The monoisotopic (exact) mass is 332 g/mol. The number of nitrogens with two attached hydrogens (primary N) is 1. The van der Waals surface area contributed by atoms with Crippen LogP contribution in [0.5, 0.6) is 0 Å². The van der Waals surface area contributed by atoms with Crippen molar-refractivity contribution in [2.24, 2.45) is 5.73 Å². The van der Waals surface area contributed by atoms with E-state index < -0.39 is 0 Å². The molecule has 0 aliphatic heterocycles. The summed E-state index contributed by atoms with van der Waals surface area (Å²) in [4.78, 5) is 2.20. The van der Waals surface area contributed by atoms with Crippen molar-refractivity contribution < 1.29 is 0 Å². The van der Waals surface area contributed by atoms with Crippen LogP contribution in [0.4, 0.5) is 0 Å². The second-order valence-electron chi connectivity index (χ2n) is 5.15. The molecule has 1 rings (SSSR count). The Hall–Kier alpha value is -0.0900. The summed E-state index contributed by atoms with van der Waals surface area (Å²) in [5.74, 6) is 0. The molecule has 1 aromatic rings. The fourth-order valence-electron chi connectivity index (χ4n) is 2.05. The first kappa shape index (κ1) is 16.0. The molecule has 2 unspecified atom stereocenters. The van der Waals surface area contributed by atoms with Gasteiger partial charge in [0.2, 0.25) is 0 Å². The average Bonchev–Trinajstić information content (AvgIpc) is 2.31. The van der Waals surface area contributed by atoms with Gasteiger partial charge in [0.25, 0.3) is 0 Å². The number of rotatable bonds is 5. The van der Waals surface area contributed by atoms with Crippen LogP contribution in [0.2, 0.25) is 5.02 Å². The van der Waals surface area contributed by atoms with E-state index in [0.717, 1.165) is 27.9 Å². The van der Waals surface area contributed by atoms with Gasteiger partial charge in [0.05, 0.1) is 0 Å². The number of benzene rings is 1. The molecule has 0 saturated carbocycles. The van der Waals surface area contributed by atoms with Gasteiger partial charge >= 0.3 is 0 Å². The van der Waals surface area contributed by atoms with Gasteiger partial charge in [-0.1, -0.05) is 40.5 Å². The van der Waals surface area contributed by atoms with Crippen LogP contribution in [0, 0.1) is 0 Å². The third-order valence-corrected chi connectivity index (χ3v) is 4.84. The summed E-state index contributed by atoms with van der Waals surface area (Å²) < 4.78 is 0.996. The number of likely N-dealkylation sites (N-methyl/N-ethyl adjacent to an activating group) is 1. The molecule has 2 atom stereocenters. The zero-order valence-corrected chi connectivity index (χ0v) is 13.8. The van der Waals surface area contributed by atoms with E-state index in [4.69, 9.17) is 17.3 Å². The van der Waals surface area contributed by atoms with Crippen molar-refractivity contribution in [3.8, 4) is 0 Å². The maximum Gasteiger partial charge on any atom is 0.0449 e. The summed E-state index contributed by atoms with van der Waals surface area (Å²) in [5.41, 5.74) is 7.48. The van der Waals surface area contributed by atoms with E-state index in [0.29, 0.717) is 0 Å². The molecule has 0 fully saturated rings. The van der Waals surface area contributed by atoms with Crippen molar-refractivity contribution in [2.75, 3.05) is 14.1 Å². The SMILES string of the molecule is CCC(C)(C(N)Cc1ccc(Br)cc1Cl)N(C)C. The van der Waals surface area contributed by atoms with Gasteiger partial charge in [0.1, 0.15) is 0 Å². The number of nitrogens with zero attached hydrogens (tertiary/aromatic N) is 1. The minimum absolute atomic E-state index is 0.0175. The van der Waals surface area contributed by atoms with Crippen molar-refractivity contribution in [1.82, 2.24) is 4.90 Å². The summed E-state index contributed by atoms with van der Waals surface area (Å²) in [6.45, 7) is 4.37. The Morgan fingerprint density at radius 3 is 2.50 bits per heavy atom. The zero-order chi connectivity index (χ0) is 13.9. The van der Waals surface area contributed by atoms with Gasteiger partial charge in [-0.25, -0.2) is 0 Å². The summed E-state index contributed by atoms with van der Waals surface area (Å²) in [7, 11) is 4.15. The topological polar surface area (TPSA) is 29.3 Å². The van der Waals surface area contributed by atoms with Crippen molar-refractivity contribution >= 4 is 27.5 Å². The van der Waals surface area contributed by atoms with E-state index in [2.05, 4.69) is 48.8 Å². The van der Waals surface area contributed by atoms with Crippen molar-refractivity contribution in [2.45, 2.75) is 38.3 Å². The lowest BCUT2D eigenvalue weighted by atomic mass is 9.85. The van der Waals surface area contributed by atoms with Crippen molar-refractivity contribution in [3.05, 3.63) is 33.3 Å². The maximum atomic E-state index is 6.39. The first-order valence-electron chi connectivity index (χ1n) is 6.18. The Balaban J connectivity index is 2.89. The highest BCUT2D eigenvalue weighted by Crippen LogP contribution is 2.27. The lowest BCUT2D eigenvalue weighted by Crippen LogP contribution is -2.55. The molecule has 102 valence electrons. The highest BCUT2D eigenvalue weighted by atomic mass is 79.9. The van der Waals surface area contributed by atoms with Crippen LogP contribution in [-0.4, -0.2) is 30.6 Å². The minimum atomic E-state index is -0.0175. The number of hydrogen-bond acceptors (Lipinski definition) is 2. The Morgan fingerprint density at radius 1 is 1.44 bits per heavy atom. The van der Waals surface area contributed by atoms with Gasteiger partial charge in [-0.15, -0.1) is 0 Å². The van der Waals surface area contributed by atoms with Crippen LogP contribution < -0.4 is 5.73 Å². The van der Waals surface area contributed by atoms with Gasteiger partial charge in [-0.3, -0.25) is 0 Å². The molecular formula is C14H22BrClN2. The highest BCUT2D eigenvalue weighted by Gasteiger charge is 2.32. The normalized spacial score (nSPS) is 16.7. The molecule has 18 heavy (non-hydrogen) atoms. The van der Waals surface area contributed by atoms with E-state index in [1.54, 1.807) is 0 Å². The predicted octanol–water partition coefficient (Wildman–Crippen LogP) is 3.70. The van der Waals surface area contributed by atoms with Gasteiger partial charge in [0.15, 0.2) is 0 Å². The van der Waals surface area contributed by atoms with E-state index in [9.17, 15) is 0 Å². The fraction of sp³-hybridized carbons (Fsp3) is 0.571. The summed E-state index contributed by atoms with van der Waals surface area (Å²) >= 11 is 9.66. The summed E-state index contributed by atoms with van der Waals surface area (Å²) in [6.07, 6.45) is 1.80. The Morgan fingerprint density at radius 2 is 2.06 bits per heavy atom. The predicted molar refractivity (Wildman–Crippen MR) is 83.2 cm³/mol. The standard InChI is InChI=1S/C14H22BrClN2/c1-5-14(2,18(3)4)13(17)8-10-6-7-11(15)9-12(10)16/h6-7,9,13H,5,8,17H2,1-4H3. The second-order valence-corrected chi connectivity index (χ2v) is 6.47. The van der Waals surface area contributed by atoms with Gasteiger partial charge in [-0.2, -0.15) is 0 Å².